The zero-order valence-corrected chi connectivity index (χ0v) is 10.3. The lowest BCUT2D eigenvalue weighted by atomic mass is 9.70. The van der Waals surface area contributed by atoms with Crippen molar-refractivity contribution in [3.8, 4) is 0 Å². The third-order valence-corrected chi connectivity index (χ3v) is 3.53. The topological polar surface area (TPSA) is 38.3 Å². The molecule has 0 aromatic carbocycles. The highest BCUT2D eigenvalue weighted by molar-refractivity contribution is 5.77. The van der Waals surface area contributed by atoms with Gasteiger partial charge in [0, 0.05) is 5.92 Å². The fourth-order valence-electron chi connectivity index (χ4n) is 2.41. The number of rotatable bonds is 2. The standard InChI is InChI=1S/C12H23NO2/c1-12(2,3)10-7-5-9(6-8-10)11(14)13-15-4/h9-10H,5-8H2,1-4H3,(H,13,14). The number of nitrogens with one attached hydrogen (secondary N) is 1. The van der Waals surface area contributed by atoms with Gasteiger partial charge in [-0.3, -0.25) is 9.63 Å². The molecular formula is C12H23NO2. The molecule has 0 bridgehead atoms. The van der Waals surface area contributed by atoms with Gasteiger partial charge in [0.25, 0.3) is 0 Å². The molecule has 1 amide bonds. The minimum absolute atomic E-state index is 0.0462. The summed E-state index contributed by atoms with van der Waals surface area (Å²) >= 11 is 0. The maximum absolute atomic E-state index is 11.5. The van der Waals surface area contributed by atoms with Gasteiger partial charge in [0.05, 0.1) is 7.11 Å². The van der Waals surface area contributed by atoms with Gasteiger partial charge in [0.1, 0.15) is 0 Å². The van der Waals surface area contributed by atoms with E-state index in [0.717, 1.165) is 31.6 Å². The molecule has 0 aromatic rings. The zero-order valence-electron chi connectivity index (χ0n) is 10.3. The molecule has 0 atom stereocenters. The molecule has 3 nitrogen and oxygen atoms in total. The fourth-order valence-corrected chi connectivity index (χ4v) is 2.41. The third-order valence-electron chi connectivity index (χ3n) is 3.53. The van der Waals surface area contributed by atoms with E-state index in [0.29, 0.717) is 5.41 Å². The Morgan fingerprint density at radius 1 is 1.20 bits per heavy atom. The van der Waals surface area contributed by atoms with Gasteiger partial charge in [-0.05, 0) is 37.0 Å². The van der Waals surface area contributed by atoms with Crippen molar-refractivity contribution in [2.75, 3.05) is 7.11 Å². The van der Waals surface area contributed by atoms with Gasteiger partial charge >= 0.3 is 0 Å². The first kappa shape index (κ1) is 12.5. The molecule has 0 spiro atoms. The molecule has 88 valence electrons. The van der Waals surface area contributed by atoms with Crippen LogP contribution >= 0.6 is 0 Å². The van der Waals surface area contributed by atoms with Crippen molar-refractivity contribution in [1.29, 1.82) is 0 Å². The summed E-state index contributed by atoms with van der Waals surface area (Å²) in [4.78, 5) is 16.2. The highest BCUT2D eigenvalue weighted by Gasteiger charge is 2.32. The number of amides is 1. The SMILES string of the molecule is CONC(=O)C1CCC(C(C)(C)C)CC1. The first-order valence-corrected chi connectivity index (χ1v) is 5.78. The maximum Gasteiger partial charge on any atom is 0.246 e. The van der Waals surface area contributed by atoms with E-state index in [1.54, 1.807) is 0 Å². The molecule has 1 aliphatic carbocycles. The monoisotopic (exact) mass is 213 g/mol. The van der Waals surface area contributed by atoms with Gasteiger partial charge in [0.15, 0.2) is 0 Å². The molecule has 0 radical (unpaired) electrons. The molecule has 0 heterocycles. The Labute approximate surface area is 92.5 Å². The maximum atomic E-state index is 11.5. The molecule has 0 aliphatic heterocycles. The van der Waals surface area contributed by atoms with E-state index in [2.05, 4.69) is 31.1 Å². The number of carbonyl (C=O) groups excluding carboxylic acids is 1. The largest absolute Gasteiger partial charge is 0.277 e. The highest BCUT2D eigenvalue weighted by atomic mass is 16.6. The summed E-state index contributed by atoms with van der Waals surface area (Å²) in [6.45, 7) is 6.85. The van der Waals surface area contributed by atoms with E-state index < -0.39 is 0 Å². The van der Waals surface area contributed by atoms with Crippen molar-refractivity contribution in [2.24, 2.45) is 17.3 Å². The summed E-state index contributed by atoms with van der Waals surface area (Å²) in [5.74, 6) is 0.956. The Hall–Kier alpha value is -0.570. The molecule has 0 unspecified atom stereocenters. The van der Waals surface area contributed by atoms with Crippen LogP contribution in [0.4, 0.5) is 0 Å². The first-order valence-electron chi connectivity index (χ1n) is 5.78. The Kier molecular flexibility index (Phi) is 4.14. The average Bonchev–Trinajstić information content (AvgIpc) is 2.17. The molecule has 1 saturated carbocycles. The van der Waals surface area contributed by atoms with Crippen LogP contribution in [0.25, 0.3) is 0 Å². The van der Waals surface area contributed by atoms with Crippen LogP contribution in [-0.2, 0) is 9.63 Å². The van der Waals surface area contributed by atoms with Crippen molar-refractivity contribution >= 4 is 5.91 Å². The second-order valence-corrected chi connectivity index (χ2v) is 5.59. The Bertz CT molecular complexity index is 212. The van der Waals surface area contributed by atoms with Crippen LogP contribution in [0.3, 0.4) is 0 Å². The van der Waals surface area contributed by atoms with Crippen molar-refractivity contribution < 1.29 is 9.63 Å². The highest BCUT2D eigenvalue weighted by Crippen LogP contribution is 2.39. The molecule has 1 rings (SSSR count). The van der Waals surface area contributed by atoms with Crippen LogP contribution in [0.15, 0.2) is 0 Å². The zero-order chi connectivity index (χ0) is 11.5. The summed E-state index contributed by atoms with van der Waals surface area (Å²) in [5, 5.41) is 0. The van der Waals surface area contributed by atoms with E-state index in [4.69, 9.17) is 0 Å². The minimum Gasteiger partial charge on any atom is -0.277 e. The second-order valence-electron chi connectivity index (χ2n) is 5.59. The summed E-state index contributed by atoms with van der Waals surface area (Å²) in [6, 6.07) is 0. The molecule has 1 aliphatic rings. The van der Waals surface area contributed by atoms with Gasteiger partial charge in [-0.25, -0.2) is 5.48 Å². The van der Waals surface area contributed by atoms with Crippen molar-refractivity contribution in [2.45, 2.75) is 46.5 Å². The van der Waals surface area contributed by atoms with Crippen LogP contribution in [0.1, 0.15) is 46.5 Å². The van der Waals surface area contributed by atoms with Crippen LogP contribution < -0.4 is 5.48 Å². The average molecular weight is 213 g/mol. The predicted molar refractivity (Wildman–Crippen MR) is 60.1 cm³/mol. The fraction of sp³-hybridized carbons (Fsp3) is 0.917. The quantitative estimate of drug-likeness (QED) is 0.716. The predicted octanol–water partition coefficient (Wildman–Crippen LogP) is 2.52. The third kappa shape index (κ3) is 3.49. The lowest BCUT2D eigenvalue weighted by Crippen LogP contribution is -2.34. The number of carbonyl (C=O) groups is 1. The van der Waals surface area contributed by atoms with Gasteiger partial charge < -0.3 is 0 Å². The van der Waals surface area contributed by atoms with Gasteiger partial charge in [0.2, 0.25) is 5.91 Å². The van der Waals surface area contributed by atoms with Crippen LogP contribution in [-0.4, -0.2) is 13.0 Å². The number of hydrogen-bond donors (Lipinski definition) is 1. The van der Waals surface area contributed by atoms with Gasteiger partial charge in [-0.2, -0.15) is 0 Å². The van der Waals surface area contributed by atoms with Crippen molar-refractivity contribution in [3.63, 3.8) is 0 Å². The molecular weight excluding hydrogens is 190 g/mol. The Morgan fingerprint density at radius 3 is 2.13 bits per heavy atom. The number of hydrogen-bond acceptors (Lipinski definition) is 2. The van der Waals surface area contributed by atoms with E-state index in [9.17, 15) is 4.79 Å². The molecule has 1 fully saturated rings. The lowest BCUT2D eigenvalue weighted by Gasteiger charge is -2.36. The summed E-state index contributed by atoms with van der Waals surface area (Å²) in [6.07, 6.45) is 4.31. The van der Waals surface area contributed by atoms with Crippen LogP contribution in [0.5, 0.6) is 0 Å². The molecule has 15 heavy (non-hydrogen) atoms. The summed E-state index contributed by atoms with van der Waals surface area (Å²) in [5.41, 5.74) is 2.81. The lowest BCUT2D eigenvalue weighted by molar-refractivity contribution is -0.137. The van der Waals surface area contributed by atoms with Gasteiger partial charge in [-0.1, -0.05) is 20.8 Å². The Morgan fingerprint density at radius 2 is 1.73 bits per heavy atom. The second kappa shape index (κ2) is 4.97. The molecule has 3 heteroatoms. The minimum atomic E-state index is 0.0462. The smallest absolute Gasteiger partial charge is 0.246 e. The first-order chi connectivity index (χ1) is 6.95. The summed E-state index contributed by atoms with van der Waals surface area (Å²) < 4.78 is 0. The Balaban J connectivity index is 2.39. The summed E-state index contributed by atoms with van der Waals surface area (Å²) in [7, 11) is 1.48. The van der Waals surface area contributed by atoms with Crippen LogP contribution in [0, 0.1) is 17.3 Å². The molecule has 0 saturated heterocycles. The van der Waals surface area contributed by atoms with E-state index in [1.165, 1.54) is 7.11 Å². The number of hydroxylamine groups is 1. The molecule has 1 N–H and O–H groups in total. The normalized spacial score (nSPS) is 27.5. The van der Waals surface area contributed by atoms with Crippen molar-refractivity contribution in [3.05, 3.63) is 0 Å². The molecule has 0 aromatic heterocycles. The van der Waals surface area contributed by atoms with Gasteiger partial charge in [-0.15, -0.1) is 0 Å². The van der Waals surface area contributed by atoms with Crippen LogP contribution in [0.2, 0.25) is 0 Å². The van der Waals surface area contributed by atoms with E-state index >= 15 is 0 Å². The van der Waals surface area contributed by atoms with E-state index in [-0.39, 0.29) is 11.8 Å². The van der Waals surface area contributed by atoms with Crippen molar-refractivity contribution in [1.82, 2.24) is 5.48 Å². The van der Waals surface area contributed by atoms with E-state index in [1.807, 2.05) is 0 Å².